The maximum absolute atomic E-state index is 13.5. The molecule has 20 heavy (non-hydrogen) atoms. The van der Waals surface area contributed by atoms with Crippen LogP contribution in [0.1, 0.15) is 24.1 Å². The average Bonchev–Trinajstić information content (AvgIpc) is 2.43. The van der Waals surface area contributed by atoms with Crippen molar-refractivity contribution in [1.29, 1.82) is 5.26 Å². The van der Waals surface area contributed by atoms with E-state index in [9.17, 15) is 4.39 Å². The van der Waals surface area contributed by atoms with E-state index in [4.69, 9.17) is 16.9 Å². The summed E-state index contributed by atoms with van der Waals surface area (Å²) >= 11 is 9.08. The van der Waals surface area contributed by atoms with Gasteiger partial charge in [-0.05, 0) is 58.7 Å². The van der Waals surface area contributed by atoms with Crippen molar-refractivity contribution in [2.45, 2.75) is 13.0 Å². The SMILES string of the molecule is CC(Nc1ccc(C#N)cc1Br)c1ccc(Cl)c(F)c1. The predicted octanol–water partition coefficient (Wildman–Crippen LogP) is 5.29. The molecule has 0 saturated heterocycles. The summed E-state index contributed by atoms with van der Waals surface area (Å²) in [5.74, 6) is -0.434. The van der Waals surface area contributed by atoms with Crippen molar-refractivity contribution >= 4 is 33.2 Å². The third kappa shape index (κ3) is 3.30. The zero-order valence-electron chi connectivity index (χ0n) is 10.6. The predicted molar refractivity (Wildman–Crippen MR) is 82.3 cm³/mol. The first-order chi connectivity index (χ1) is 9.51. The molecule has 0 spiro atoms. The Bertz CT molecular complexity index is 682. The van der Waals surface area contributed by atoms with Crippen LogP contribution in [0.3, 0.4) is 0 Å². The van der Waals surface area contributed by atoms with Gasteiger partial charge in [0.1, 0.15) is 5.82 Å². The number of hydrogen-bond donors (Lipinski definition) is 1. The molecule has 1 N–H and O–H groups in total. The molecule has 0 amide bonds. The van der Waals surface area contributed by atoms with Gasteiger partial charge in [-0.1, -0.05) is 17.7 Å². The lowest BCUT2D eigenvalue weighted by atomic mass is 10.1. The van der Waals surface area contributed by atoms with Crippen LogP contribution < -0.4 is 5.32 Å². The Morgan fingerprint density at radius 2 is 2.05 bits per heavy atom. The van der Waals surface area contributed by atoms with Crippen molar-refractivity contribution in [3.8, 4) is 6.07 Å². The number of benzene rings is 2. The van der Waals surface area contributed by atoms with E-state index in [0.29, 0.717) is 5.56 Å². The van der Waals surface area contributed by atoms with Crippen LogP contribution in [-0.4, -0.2) is 0 Å². The van der Waals surface area contributed by atoms with Crippen molar-refractivity contribution in [3.63, 3.8) is 0 Å². The van der Waals surface area contributed by atoms with Crippen LogP contribution >= 0.6 is 27.5 Å². The monoisotopic (exact) mass is 352 g/mol. The summed E-state index contributed by atoms with van der Waals surface area (Å²) in [5.41, 5.74) is 2.21. The highest BCUT2D eigenvalue weighted by Gasteiger charge is 2.10. The number of anilines is 1. The number of nitriles is 1. The fourth-order valence-corrected chi connectivity index (χ4v) is 2.41. The molecule has 0 bridgehead atoms. The Morgan fingerprint density at radius 1 is 1.30 bits per heavy atom. The molecule has 0 aromatic heterocycles. The van der Waals surface area contributed by atoms with Crippen LogP contribution in [-0.2, 0) is 0 Å². The normalized spacial score (nSPS) is 11.8. The second kappa shape index (κ2) is 6.25. The first kappa shape index (κ1) is 14.8. The smallest absolute Gasteiger partial charge is 0.142 e. The van der Waals surface area contributed by atoms with Crippen LogP contribution in [0.5, 0.6) is 0 Å². The Labute approximate surface area is 130 Å². The molecule has 2 nitrogen and oxygen atoms in total. The van der Waals surface area contributed by atoms with Crippen molar-refractivity contribution in [1.82, 2.24) is 0 Å². The molecule has 2 aromatic carbocycles. The van der Waals surface area contributed by atoms with E-state index >= 15 is 0 Å². The summed E-state index contributed by atoms with van der Waals surface area (Å²) in [6, 6.07) is 12.0. The second-order valence-corrected chi connectivity index (χ2v) is 5.61. The summed E-state index contributed by atoms with van der Waals surface area (Å²) in [4.78, 5) is 0. The Hall–Kier alpha value is -1.57. The molecule has 0 aliphatic carbocycles. The van der Waals surface area contributed by atoms with Gasteiger partial charge >= 0.3 is 0 Å². The molecule has 0 saturated carbocycles. The highest BCUT2D eigenvalue weighted by Crippen LogP contribution is 2.28. The summed E-state index contributed by atoms with van der Waals surface area (Å²) in [6.45, 7) is 1.92. The molecule has 0 heterocycles. The van der Waals surface area contributed by atoms with Crippen molar-refractivity contribution in [2.75, 3.05) is 5.32 Å². The van der Waals surface area contributed by atoms with E-state index in [0.717, 1.165) is 15.7 Å². The third-order valence-electron chi connectivity index (χ3n) is 2.91. The van der Waals surface area contributed by atoms with Gasteiger partial charge in [0.2, 0.25) is 0 Å². The number of halogens is 3. The summed E-state index contributed by atoms with van der Waals surface area (Å²) in [6.07, 6.45) is 0. The molecule has 1 unspecified atom stereocenters. The van der Waals surface area contributed by atoms with E-state index < -0.39 is 5.82 Å². The van der Waals surface area contributed by atoms with Gasteiger partial charge in [0, 0.05) is 16.2 Å². The minimum absolute atomic E-state index is 0.0917. The zero-order chi connectivity index (χ0) is 14.7. The Morgan fingerprint density at radius 3 is 2.65 bits per heavy atom. The van der Waals surface area contributed by atoms with Crippen molar-refractivity contribution < 1.29 is 4.39 Å². The minimum Gasteiger partial charge on any atom is -0.378 e. The molecule has 0 aliphatic heterocycles. The van der Waals surface area contributed by atoms with Crippen molar-refractivity contribution in [3.05, 3.63) is 62.8 Å². The molecule has 102 valence electrons. The molecule has 0 radical (unpaired) electrons. The van der Waals surface area contributed by atoms with Gasteiger partial charge in [0.05, 0.1) is 16.7 Å². The lowest BCUT2D eigenvalue weighted by molar-refractivity contribution is 0.624. The number of nitrogens with one attached hydrogen (secondary N) is 1. The minimum atomic E-state index is -0.434. The standard InChI is InChI=1S/C15H11BrClFN2/c1-9(11-3-4-13(17)14(18)7-11)20-15-5-2-10(8-19)6-12(15)16/h2-7,9,20H,1H3. The summed E-state index contributed by atoms with van der Waals surface area (Å²) in [7, 11) is 0. The largest absolute Gasteiger partial charge is 0.378 e. The van der Waals surface area contributed by atoms with Gasteiger partial charge in [0.25, 0.3) is 0 Å². The van der Waals surface area contributed by atoms with Crippen LogP contribution in [0.15, 0.2) is 40.9 Å². The summed E-state index contributed by atoms with van der Waals surface area (Å²) < 4.78 is 14.2. The zero-order valence-corrected chi connectivity index (χ0v) is 13.0. The maximum Gasteiger partial charge on any atom is 0.142 e. The molecule has 1 atom stereocenters. The van der Waals surface area contributed by atoms with Crippen LogP contribution in [0.25, 0.3) is 0 Å². The number of rotatable bonds is 3. The highest BCUT2D eigenvalue weighted by atomic mass is 79.9. The molecule has 0 aliphatic rings. The van der Waals surface area contributed by atoms with E-state index in [2.05, 4.69) is 27.3 Å². The van der Waals surface area contributed by atoms with Gasteiger partial charge in [-0.2, -0.15) is 5.26 Å². The first-order valence-corrected chi connectivity index (χ1v) is 7.09. The number of hydrogen-bond acceptors (Lipinski definition) is 2. The van der Waals surface area contributed by atoms with E-state index in [-0.39, 0.29) is 11.1 Å². The van der Waals surface area contributed by atoms with Gasteiger partial charge in [-0.25, -0.2) is 4.39 Å². The van der Waals surface area contributed by atoms with Crippen LogP contribution in [0.2, 0.25) is 5.02 Å². The molecule has 5 heteroatoms. The van der Waals surface area contributed by atoms with E-state index in [1.165, 1.54) is 12.1 Å². The summed E-state index contributed by atoms with van der Waals surface area (Å²) in [5, 5.41) is 12.2. The third-order valence-corrected chi connectivity index (χ3v) is 3.88. The van der Waals surface area contributed by atoms with Crippen molar-refractivity contribution in [2.24, 2.45) is 0 Å². The Balaban J connectivity index is 2.21. The molecular formula is C15H11BrClFN2. The second-order valence-electron chi connectivity index (χ2n) is 4.35. The molecular weight excluding hydrogens is 343 g/mol. The van der Waals surface area contributed by atoms with Gasteiger partial charge < -0.3 is 5.32 Å². The van der Waals surface area contributed by atoms with Crippen LogP contribution in [0, 0.1) is 17.1 Å². The molecule has 2 rings (SSSR count). The van der Waals surface area contributed by atoms with Gasteiger partial charge in [0.15, 0.2) is 0 Å². The van der Waals surface area contributed by atoms with Gasteiger partial charge in [-0.15, -0.1) is 0 Å². The fraction of sp³-hybridized carbons (Fsp3) is 0.133. The molecule has 2 aromatic rings. The topological polar surface area (TPSA) is 35.8 Å². The Kier molecular flexibility index (Phi) is 4.64. The fourth-order valence-electron chi connectivity index (χ4n) is 1.80. The van der Waals surface area contributed by atoms with E-state index in [1.54, 1.807) is 18.2 Å². The quantitative estimate of drug-likeness (QED) is 0.814. The average molecular weight is 354 g/mol. The molecule has 0 fully saturated rings. The highest BCUT2D eigenvalue weighted by molar-refractivity contribution is 9.10. The van der Waals surface area contributed by atoms with Gasteiger partial charge in [-0.3, -0.25) is 0 Å². The maximum atomic E-state index is 13.5. The lowest BCUT2D eigenvalue weighted by Gasteiger charge is -2.17. The number of nitrogens with zero attached hydrogens (tertiary/aromatic N) is 1. The van der Waals surface area contributed by atoms with Crippen LogP contribution in [0.4, 0.5) is 10.1 Å². The lowest BCUT2D eigenvalue weighted by Crippen LogP contribution is -2.07. The first-order valence-electron chi connectivity index (χ1n) is 5.92. The van der Waals surface area contributed by atoms with E-state index in [1.807, 2.05) is 13.0 Å².